The molecule has 0 aliphatic carbocycles. The number of rotatable bonds is 5. The molecule has 1 amide bonds. The molecule has 1 fully saturated rings. The third kappa shape index (κ3) is 5.37. The van der Waals surface area contributed by atoms with Crippen LogP contribution < -0.4 is 4.80 Å². The number of carbonyl (C=O) groups excluding carboxylic acids is 2. The maximum atomic E-state index is 13.1. The molecule has 0 N–H and O–H groups in total. The fourth-order valence-electron chi connectivity index (χ4n) is 4.01. The van der Waals surface area contributed by atoms with Gasteiger partial charge in [-0.05, 0) is 62.7 Å². The van der Waals surface area contributed by atoms with Crippen molar-refractivity contribution in [3.63, 3.8) is 0 Å². The lowest BCUT2D eigenvalue weighted by Gasteiger charge is -2.34. The topological polar surface area (TPSA) is 107 Å². The molecule has 1 aliphatic rings. The molecular formula is C24H27N3O6S2. The molecule has 1 aromatic heterocycles. The molecule has 1 aliphatic heterocycles. The van der Waals surface area contributed by atoms with Gasteiger partial charge in [0.15, 0.2) is 4.80 Å². The van der Waals surface area contributed by atoms with Gasteiger partial charge in [-0.15, -0.1) is 0 Å². The van der Waals surface area contributed by atoms with Crippen molar-refractivity contribution in [3.05, 3.63) is 58.4 Å². The number of carbonyl (C=O) groups is 2. The quantitative estimate of drug-likeness (QED) is 0.482. The third-order valence-electron chi connectivity index (χ3n) is 5.68. The lowest BCUT2D eigenvalue weighted by atomic mass is 10.2. The Labute approximate surface area is 207 Å². The molecule has 0 bridgehead atoms. The molecule has 186 valence electrons. The van der Waals surface area contributed by atoms with Gasteiger partial charge in [-0.3, -0.25) is 9.59 Å². The lowest BCUT2D eigenvalue weighted by Crippen LogP contribution is -2.48. The number of ether oxygens (including phenoxy) is 2. The normalized spacial score (nSPS) is 19.7. The van der Waals surface area contributed by atoms with Gasteiger partial charge in [0.05, 0.1) is 34.4 Å². The van der Waals surface area contributed by atoms with Crippen molar-refractivity contribution >= 4 is 43.5 Å². The smallest absolute Gasteiger partial charge is 0.325 e. The number of sulfonamides is 1. The number of methoxy groups -OCH3 is 1. The molecule has 11 heteroatoms. The summed E-state index contributed by atoms with van der Waals surface area (Å²) in [7, 11) is -2.41. The minimum Gasteiger partial charge on any atom is -0.468 e. The highest BCUT2D eigenvalue weighted by Crippen LogP contribution is 2.22. The number of hydrogen-bond acceptors (Lipinski definition) is 7. The molecule has 0 spiro atoms. The van der Waals surface area contributed by atoms with E-state index in [-0.39, 0.29) is 42.3 Å². The van der Waals surface area contributed by atoms with Crippen LogP contribution in [-0.2, 0) is 30.8 Å². The van der Waals surface area contributed by atoms with Gasteiger partial charge in [0.25, 0.3) is 5.91 Å². The van der Waals surface area contributed by atoms with Crippen molar-refractivity contribution in [1.29, 1.82) is 0 Å². The summed E-state index contributed by atoms with van der Waals surface area (Å²) < 4.78 is 40.5. The first-order chi connectivity index (χ1) is 16.6. The molecule has 4 rings (SSSR count). The predicted octanol–water partition coefficient (Wildman–Crippen LogP) is 2.72. The fourth-order valence-corrected chi connectivity index (χ4v) is 6.73. The molecule has 0 unspecified atom stereocenters. The van der Waals surface area contributed by atoms with Crippen molar-refractivity contribution in [2.45, 2.75) is 44.4 Å². The summed E-state index contributed by atoms with van der Waals surface area (Å²) in [6, 6.07) is 11.5. The maximum absolute atomic E-state index is 13.1. The van der Waals surface area contributed by atoms with Gasteiger partial charge < -0.3 is 14.0 Å². The number of hydrogen-bond donors (Lipinski definition) is 0. The van der Waals surface area contributed by atoms with Crippen molar-refractivity contribution in [2.75, 3.05) is 20.2 Å². The zero-order chi connectivity index (χ0) is 25.3. The predicted molar refractivity (Wildman–Crippen MR) is 132 cm³/mol. The van der Waals surface area contributed by atoms with E-state index >= 15 is 0 Å². The van der Waals surface area contributed by atoms with Crippen LogP contribution in [0, 0.1) is 6.92 Å². The first-order valence-corrected chi connectivity index (χ1v) is 13.4. The number of fused-ring (bicyclic) bond motifs is 1. The molecule has 35 heavy (non-hydrogen) atoms. The Bertz CT molecular complexity index is 1430. The van der Waals surface area contributed by atoms with E-state index in [0.29, 0.717) is 4.80 Å². The summed E-state index contributed by atoms with van der Waals surface area (Å²) in [5.74, 6) is -0.995. The fraction of sp³-hybridized carbons (Fsp3) is 0.375. The minimum atomic E-state index is -3.72. The van der Waals surface area contributed by atoms with Crippen LogP contribution in [0.2, 0.25) is 0 Å². The average molecular weight is 518 g/mol. The Hall–Kier alpha value is -2.86. The van der Waals surface area contributed by atoms with E-state index in [2.05, 4.69) is 4.99 Å². The second-order valence-electron chi connectivity index (χ2n) is 8.54. The number of morpholine rings is 1. The van der Waals surface area contributed by atoms with Crippen LogP contribution in [0.5, 0.6) is 0 Å². The van der Waals surface area contributed by atoms with Gasteiger partial charge in [0, 0.05) is 18.7 Å². The van der Waals surface area contributed by atoms with Crippen molar-refractivity contribution in [3.8, 4) is 0 Å². The highest BCUT2D eigenvalue weighted by molar-refractivity contribution is 7.89. The number of benzene rings is 2. The number of amides is 1. The maximum Gasteiger partial charge on any atom is 0.325 e. The zero-order valence-electron chi connectivity index (χ0n) is 19.9. The highest BCUT2D eigenvalue weighted by Gasteiger charge is 2.32. The number of aromatic nitrogens is 1. The van der Waals surface area contributed by atoms with E-state index in [0.717, 1.165) is 15.8 Å². The number of thiazole rings is 1. The number of aryl methyl sites for hydroxylation is 1. The van der Waals surface area contributed by atoms with Crippen LogP contribution >= 0.6 is 11.3 Å². The Balaban J connectivity index is 1.65. The van der Waals surface area contributed by atoms with Crippen LogP contribution in [0.15, 0.2) is 52.4 Å². The Morgan fingerprint density at radius 3 is 2.40 bits per heavy atom. The van der Waals surface area contributed by atoms with E-state index in [1.807, 2.05) is 39.0 Å². The van der Waals surface area contributed by atoms with Crippen LogP contribution in [-0.4, -0.2) is 61.6 Å². The second kappa shape index (κ2) is 10.0. The van der Waals surface area contributed by atoms with Crippen LogP contribution in [0.4, 0.5) is 0 Å². The monoisotopic (exact) mass is 517 g/mol. The average Bonchev–Trinajstić information content (AvgIpc) is 3.13. The first kappa shape index (κ1) is 25.2. The summed E-state index contributed by atoms with van der Waals surface area (Å²) in [5, 5.41) is 0. The molecule has 2 aromatic carbocycles. The largest absolute Gasteiger partial charge is 0.468 e. The van der Waals surface area contributed by atoms with Crippen LogP contribution in [0.1, 0.15) is 29.8 Å². The minimum absolute atomic E-state index is 0.0841. The molecular weight excluding hydrogens is 490 g/mol. The Morgan fingerprint density at radius 2 is 1.77 bits per heavy atom. The van der Waals surface area contributed by atoms with Gasteiger partial charge >= 0.3 is 5.97 Å². The van der Waals surface area contributed by atoms with Crippen LogP contribution in [0.3, 0.4) is 0 Å². The number of esters is 1. The molecule has 9 nitrogen and oxygen atoms in total. The molecule has 1 saturated heterocycles. The van der Waals surface area contributed by atoms with E-state index < -0.39 is 21.9 Å². The molecule has 0 saturated carbocycles. The molecule has 0 radical (unpaired) electrons. The van der Waals surface area contributed by atoms with Gasteiger partial charge in [-0.1, -0.05) is 17.4 Å². The molecule has 3 aromatic rings. The third-order valence-corrected chi connectivity index (χ3v) is 8.56. The summed E-state index contributed by atoms with van der Waals surface area (Å²) >= 11 is 1.29. The highest BCUT2D eigenvalue weighted by atomic mass is 32.2. The van der Waals surface area contributed by atoms with Gasteiger partial charge in [-0.2, -0.15) is 9.30 Å². The van der Waals surface area contributed by atoms with E-state index in [1.54, 1.807) is 4.57 Å². The summed E-state index contributed by atoms with van der Waals surface area (Å²) in [6.07, 6.45) is -0.398. The van der Waals surface area contributed by atoms with Gasteiger partial charge in [0.2, 0.25) is 10.0 Å². The van der Waals surface area contributed by atoms with Gasteiger partial charge in [-0.25, -0.2) is 8.42 Å². The summed E-state index contributed by atoms with van der Waals surface area (Å²) in [5.41, 5.74) is 2.06. The zero-order valence-corrected chi connectivity index (χ0v) is 21.6. The first-order valence-electron chi connectivity index (χ1n) is 11.1. The second-order valence-corrected chi connectivity index (χ2v) is 11.5. The van der Waals surface area contributed by atoms with Crippen molar-refractivity contribution < 1.29 is 27.5 Å². The lowest BCUT2D eigenvalue weighted by molar-refractivity contribution is -0.141. The van der Waals surface area contributed by atoms with E-state index in [9.17, 15) is 18.0 Å². The van der Waals surface area contributed by atoms with Crippen molar-refractivity contribution in [1.82, 2.24) is 8.87 Å². The Kier molecular flexibility index (Phi) is 7.22. The SMILES string of the molecule is COC(=O)Cn1c(=NC(=O)c2ccc(S(=O)(=O)N3C[C@@H](C)O[C@@H](C)C3)cc2)sc2cc(C)ccc21. The molecule has 2 atom stereocenters. The van der Waals surface area contributed by atoms with Gasteiger partial charge in [0.1, 0.15) is 6.54 Å². The van der Waals surface area contributed by atoms with E-state index in [1.165, 1.54) is 47.0 Å². The number of nitrogens with zero attached hydrogens (tertiary/aromatic N) is 3. The van der Waals surface area contributed by atoms with E-state index in [4.69, 9.17) is 9.47 Å². The Morgan fingerprint density at radius 1 is 1.11 bits per heavy atom. The van der Waals surface area contributed by atoms with Crippen molar-refractivity contribution in [2.24, 2.45) is 4.99 Å². The summed E-state index contributed by atoms with van der Waals surface area (Å²) in [6.45, 7) is 6.09. The summed E-state index contributed by atoms with van der Waals surface area (Å²) in [4.78, 5) is 29.6. The standard InChI is InChI=1S/C24H27N3O6S2/c1-15-5-10-20-21(11-15)34-24(27(20)14-22(28)32-4)25-23(29)18-6-8-19(9-7-18)35(30,31)26-12-16(2)33-17(3)13-26/h5-11,16-17H,12-14H2,1-4H3/t16-,17+. The van der Waals surface area contributed by atoms with Crippen LogP contribution in [0.25, 0.3) is 10.2 Å². The molecule has 2 heterocycles.